The van der Waals surface area contributed by atoms with Crippen molar-refractivity contribution in [2.75, 3.05) is 6.54 Å². The Morgan fingerprint density at radius 1 is 1.28 bits per heavy atom. The van der Waals surface area contributed by atoms with E-state index in [9.17, 15) is 9.59 Å². The summed E-state index contributed by atoms with van der Waals surface area (Å²) in [5.41, 5.74) is 1.08. The van der Waals surface area contributed by atoms with Gasteiger partial charge in [-0.25, -0.2) is 19.7 Å². The van der Waals surface area contributed by atoms with Crippen molar-refractivity contribution < 1.29 is 4.79 Å². The van der Waals surface area contributed by atoms with Gasteiger partial charge in [-0.05, 0) is 30.7 Å². The number of halogens is 1. The molecular formula is C22H22ClN7O2. The highest BCUT2D eigenvalue weighted by molar-refractivity contribution is 6.31. The molecule has 4 aromatic rings. The molecular weight excluding hydrogens is 430 g/mol. The van der Waals surface area contributed by atoms with Gasteiger partial charge in [0.2, 0.25) is 0 Å². The maximum atomic E-state index is 12.9. The van der Waals surface area contributed by atoms with E-state index in [2.05, 4.69) is 25.3 Å². The number of hydrogen-bond donors (Lipinski definition) is 2. The van der Waals surface area contributed by atoms with Crippen molar-refractivity contribution >= 4 is 28.5 Å². The monoisotopic (exact) mass is 451 g/mol. The number of nitrogens with one attached hydrogen (secondary N) is 2. The molecule has 0 atom stereocenters. The van der Waals surface area contributed by atoms with Crippen LogP contribution in [0.2, 0.25) is 5.02 Å². The fourth-order valence-electron chi connectivity index (χ4n) is 3.41. The summed E-state index contributed by atoms with van der Waals surface area (Å²) in [7, 11) is 0. The zero-order valence-electron chi connectivity index (χ0n) is 17.5. The molecule has 0 spiro atoms. The molecule has 0 aliphatic rings. The largest absolute Gasteiger partial charge is 0.334 e. The van der Waals surface area contributed by atoms with Gasteiger partial charge in [0, 0.05) is 42.3 Å². The zero-order chi connectivity index (χ0) is 22.5. The Labute approximate surface area is 189 Å². The number of amides is 2. The van der Waals surface area contributed by atoms with Gasteiger partial charge in [-0.2, -0.15) is 0 Å². The van der Waals surface area contributed by atoms with E-state index in [4.69, 9.17) is 11.6 Å². The average molecular weight is 452 g/mol. The molecule has 2 amide bonds. The van der Waals surface area contributed by atoms with Crippen molar-refractivity contribution in [3.63, 3.8) is 0 Å². The van der Waals surface area contributed by atoms with E-state index in [1.807, 2.05) is 19.1 Å². The summed E-state index contributed by atoms with van der Waals surface area (Å²) >= 11 is 6.04. The molecule has 9 nitrogen and oxygen atoms in total. The Morgan fingerprint density at radius 3 is 2.94 bits per heavy atom. The van der Waals surface area contributed by atoms with Crippen LogP contribution < -0.4 is 10.9 Å². The molecule has 32 heavy (non-hydrogen) atoms. The van der Waals surface area contributed by atoms with Crippen molar-refractivity contribution in [3.8, 4) is 5.82 Å². The highest BCUT2D eigenvalue weighted by atomic mass is 35.5. The van der Waals surface area contributed by atoms with Gasteiger partial charge in [0.25, 0.3) is 5.56 Å². The topological polar surface area (TPSA) is 109 Å². The lowest BCUT2D eigenvalue weighted by molar-refractivity contribution is 0.193. The van der Waals surface area contributed by atoms with Crippen LogP contribution >= 0.6 is 11.6 Å². The standard InChI is InChI=1S/C22H22ClN7O2/c1-2-9-29(13-19-27-18-11-16(23)5-6-17(18)21(31)28-19)22(32)26-12-15-4-3-7-25-20(15)30-10-8-24-14-30/h3-8,10-11,14H,2,9,12-13H2,1H3,(H,26,32)(H,27,28,31). The molecule has 3 aromatic heterocycles. The van der Waals surface area contributed by atoms with E-state index < -0.39 is 0 Å². The van der Waals surface area contributed by atoms with Crippen LogP contribution in [0.25, 0.3) is 16.7 Å². The predicted octanol–water partition coefficient (Wildman–Crippen LogP) is 3.28. The summed E-state index contributed by atoms with van der Waals surface area (Å²) in [5.74, 6) is 1.10. The van der Waals surface area contributed by atoms with Gasteiger partial charge >= 0.3 is 6.03 Å². The summed E-state index contributed by atoms with van der Waals surface area (Å²) in [6.45, 7) is 2.94. The van der Waals surface area contributed by atoms with Crippen molar-refractivity contribution in [3.05, 3.63) is 82.0 Å². The van der Waals surface area contributed by atoms with Gasteiger partial charge in [-0.15, -0.1) is 0 Å². The number of aromatic nitrogens is 5. The van der Waals surface area contributed by atoms with E-state index in [1.54, 1.807) is 52.6 Å². The van der Waals surface area contributed by atoms with Gasteiger partial charge in [0.05, 0.1) is 17.4 Å². The van der Waals surface area contributed by atoms with Gasteiger partial charge in [-0.3, -0.25) is 9.36 Å². The third kappa shape index (κ3) is 4.78. The van der Waals surface area contributed by atoms with E-state index in [-0.39, 0.29) is 24.7 Å². The Kier molecular flexibility index (Phi) is 6.46. The van der Waals surface area contributed by atoms with Crippen molar-refractivity contribution in [2.45, 2.75) is 26.4 Å². The van der Waals surface area contributed by atoms with Crippen molar-refractivity contribution in [2.24, 2.45) is 0 Å². The number of imidazole rings is 1. The number of benzene rings is 1. The number of hydrogen-bond acceptors (Lipinski definition) is 5. The first kappa shape index (κ1) is 21.5. The fourth-order valence-corrected chi connectivity index (χ4v) is 3.57. The second-order valence-corrected chi connectivity index (χ2v) is 7.65. The molecule has 1 aromatic carbocycles. The Bertz CT molecular complexity index is 1290. The maximum Gasteiger partial charge on any atom is 0.318 e. The van der Waals surface area contributed by atoms with Crippen LogP contribution in [-0.2, 0) is 13.1 Å². The first-order valence-corrected chi connectivity index (χ1v) is 10.6. The maximum absolute atomic E-state index is 12.9. The molecule has 0 unspecified atom stereocenters. The summed E-state index contributed by atoms with van der Waals surface area (Å²) < 4.78 is 1.79. The molecule has 4 rings (SSSR count). The first-order chi connectivity index (χ1) is 15.5. The minimum Gasteiger partial charge on any atom is -0.334 e. The SMILES string of the molecule is CCCN(Cc1nc2cc(Cl)ccc2c(=O)[nH]1)C(=O)NCc1cccnc1-n1ccnc1. The second kappa shape index (κ2) is 9.61. The summed E-state index contributed by atoms with van der Waals surface area (Å²) in [6.07, 6.45) is 7.57. The third-order valence-electron chi connectivity index (χ3n) is 4.89. The molecule has 2 N–H and O–H groups in total. The van der Waals surface area contributed by atoms with E-state index in [1.165, 1.54) is 0 Å². The van der Waals surface area contributed by atoms with Crippen LogP contribution in [0.1, 0.15) is 24.7 Å². The van der Waals surface area contributed by atoms with E-state index >= 15 is 0 Å². The number of rotatable bonds is 7. The summed E-state index contributed by atoms with van der Waals surface area (Å²) in [5, 5.41) is 3.89. The minimum atomic E-state index is -0.265. The zero-order valence-corrected chi connectivity index (χ0v) is 18.2. The number of nitrogens with zero attached hydrogens (tertiary/aromatic N) is 5. The molecule has 3 heterocycles. The number of fused-ring (bicyclic) bond motifs is 1. The van der Waals surface area contributed by atoms with Gasteiger partial charge in [0.1, 0.15) is 18.0 Å². The lowest BCUT2D eigenvalue weighted by Crippen LogP contribution is -2.40. The highest BCUT2D eigenvalue weighted by Gasteiger charge is 2.16. The van der Waals surface area contributed by atoms with E-state index in [0.717, 1.165) is 12.0 Å². The van der Waals surface area contributed by atoms with Crippen LogP contribution in [0.4, 0.5) is 4.79 Å². The highest BCUT2D eigenvalue weighted by Crippen LogP contribution is 2.15. The van der Waals surface area contributed by atoms with Gasteiger partial charge in [0.15, 0.2) is 0 Å². The first-order valence-electron chi connectivity index (χ1n) is 10.2. The summed E-state index contributed by atoms with van der Waals surface area (Å²) in [6, 6.07) is 8.38. The molecule has 0 bridgehead atoms. The Hall–Kier alpha value is -3.72. The number of aromatic amines is 1. The lowest BCUT2D eigenvalue weighted by Gasteiger charge is -2.22. The third-order valence-corrected chi connectivity index (χ3v) is 5.12. The van der Waals surface area contributed by atoms with Gasteiger partial charge < -0.3 is 15.2 Å². The van der Waals surface area contributed by atoms with Crippen LogP contribution in [0, 0.1) is 0 Å². The van der Waals surface area contributed by atoms with Crippen molar-refractivity contribution in [1.29, 1.82) is 0 Å². The lowest BCUT2D eigenvalue weighted by atomic mass is 10.2. The molecule has 0 saturated carbocycles. The number of pyridine rings is 1. The summed E-state index contributed by atoms with van der Waals surface area (Å²) in [4.78, 5) is 42.7. The fraction of sp³-hybridized carbons (Fsp3) is 0.227. The van der Waals surface area contributed by atoms with Crippen LogP contribution in [-0.4, -0.2) is 42.0 Å². The minimum absolute atomic E-state index is 0.165. The normalized spacial score (nSPS) is 10.9. The quantitative estimate of drug-likeness (QED) is 0.448. The molecule has 0 aliphatic heterocycles. The van der Waals surface area contributed by atoms with E-state index in [0.29, 0.717) is 34.1 Å². The predicted molar refractivity (Wildman–Crippen MR) is 122 cm³/mol. The van der Waals surface area contributed by atoms with Crippen LogP contribution in [0.5, 0.6) is 0 Å². The molecule has 0 radical (unpaired) electrons. The smallest absolute Gasteiger partial charge is 0.318 e. The molecule has 0 aliphatic carbocycles. The molecule has 0 saturated heterocycles. The molecule has 0 fully saturated rings. The number of urea groups is 1. The number of carbonyl (C=O) groups excluding carboxylic acids is 1. The van der Waals surface area contributed by atoms with Crippen LogP contribution in [0.15, 0.2) is 60.0 Å². The Morgan fingerprint density at radius 2 is 2.16 bits per heavy atom. The average Bonchev–Trinajstić information content (AvgIpc) is 3.32. The van der Waals surface area contributed by atoms with Gasteiger partial charge in [-0.1, -0.05) is 24.6 Å². The number of carbonyl (C=O) groups is 1. The molecule has 10 heteroatoms. The Balaban J connectivity index is 1.51. The molecule has 164 valence electrons. The second-order valence-electron chi connectivity index (χ2n) is 7.21. The van der Waals surface area contributed by atoms with Crippen LogP contribution in [0.3, 0.4) is 0 Å². The van der Waals surface area contributed by atoms with Crippen molar-refractivity contribution in [1.82, 2.24) is 34.7 Å². The number of H-pyrrole nitrogens is 1.